The molecule has 8 heteroatoms. The highest BCUT2D eigenvalue weighted by molar-refractivity contribution is 7.99. The van der Waals surface area contributed by atoms with E-state index in [2.05, 4.69) is 27.0 Å². The van der Waals surface area contributed by atoms with Crippen molar-refractivity contribution in [3.63, 3.8) is 0 Å². The van der Waals surface area contributed by atoms with Crippen LogP contribution in [0.3, 0.4) is 0 Å². The van der Waals surface area contributed by atoms with Crippen LogP contribution in [-0.2, 0) is 4.79 Å². The van der Waals surface area contributed by atoms with Gasteiger partial charge >= 0.3 is 0 Å². The van der Waals surface area contributed by atoms with Gasteiger partial charge in [0.25, 0.3) is 0 Å². The first kappa shape index (κ1) is 20.6. The average Bonchev–Trinajstić information content (AvgIpc) is 3.57. The number of nitrogens with zero attached hydrogens (tertiary/aromatic N) is 3. The summed E-state index contributed by atoms with van der Waals surface area (Å²) >= 11 is 7.33. The highest BCUT2D eigenvalue weighted by Crippen LogP contribution is 2.52. The Kier molecular flexibility index (Phi) is 5.80. The zero-order valence-electron chi connectivity index (χ0n) is 17.3. The van der Waals surface area contributed by atoms with Crippen LogP contribution in [0.4, 0.5) is 5.69 Å². The molecule has 1 amide bonds. The first-order chi connectivity index (χ1) is 15.1. The Morgan fingerprint density at radius 2 is 2.10 bits per heavy atom. The normalized spacial score (nSPS) is 23.2. The zero-order chi connectivity index (χ0) is 21.4. The summed E-state index contributed by atoms with van der Waals surface area (Å²) in [5, 5.41) is 13.2. The number of carbonyl (C=O) groups excluding carboxylic acids is 1. The summed E-state index contributed by atoms with van der Waals surface area (Å²) in [5.74, 6) is 3.86. The first-order valence-corrected chi connectivity index (χ1v) is 12.1. The van der Waals surface area contributed by atoms with Crippen LogP contribution in [0, 0.1) is 17.8 Å². The zero-order valence-corrected chi connectivity index (χ0v) is 18.9. The molecule has 1 N–H and O–H groups in total. The van der Waals surface area contributed by atoms with Crippen LogP contribution in [0.15, 0.2) is 52.2 Å². The third-order valence-electron chi connectivity index (χ3n) is 6.69. The molecule has 162 valence electrons. The summed E-state index contributed by atoms with van der Waals surface area (Å²) in [4.78, 5) is 12.5. The number of amides is 1. The van der Waals surface area contributed by atoms with Crippen molar-refractivity contribution in [3.8, 4) is 11.6 Å². The molecule has 31 heavy (non-hydrogen) atoms. The van der Waals surface area contributed by atoms with E-state index in [1.807, 2.05) is 12.1 Å². The molecule has 6 nitrogen and oxygen atoms in total. The second kappa shape index (κ2) is 8.71. The van der Waals surface area contributed by atoms with Gasteiger partial charge in [-0.2, -0.15) is 0 Å². The smallest absolute Gasteiger partial charge is 0.234 e. The van der Waals surface area contributed by atoms with Crippen molar-refractivity contribution in [1.82, 2.24) is 14.8 Å². The average molecular weight is 457 g/mol. The molecule has 2 fully saturated rings. The molecule has 2 aliphatic rings. The number of carbonyl (C=O) groups is 1. The lowest BCUT2D eigenvalue weighted by Gasteiger charge is -2.30. The van der Waals surface area contributed by atoms with Gasteiger partial charge in [0.2, 0.25) is 11.7 Å². The maximum atomic E-state index is 12.5. The number of aromatic nitrogens is 3. The van der Waals surface area contributed by atoms with Gasteiger partial charge in [0.15, 0.2) is 10.9 Å². The van der Waals surface area contributed by atoms with Gasteiger partial charge in [-0.3, -0.25) is 9.36 Å². The van der Waals surface area contributed by atoms with Gasteiger partial charge in [-0.15, -0.1) is 10.2 Å². The molecule has 3 aromatic rings. The molecule has 0 saturated heterocycles. The standard InChI is InChI=1S/C23H25ClN4O2S/c1-14(19-12-15-4-5-16(19)11-15)28-22(20-3-2-10-30-20)26-27-23(28)31-13-21(29)25-18-8-6-17(24)7-9-18/h2-3,6-10,14-16,19H,4-5,11-13H2,1H3,(H,25,29)/t14-,15+,16+,19+/m1/s1. The quantitative estimate of drug-likeness (QED) is 0.447. The molecule has 0 radical (unpaired) electrons. The molecule has 0 unspecified atom stereocenters. The molecule has 0 spiro atoms. The molecular weight excluding hydrogens is 432 g/mol. The van der Waals surface area contributed by atoms with Crippen LogP contribution in [0.25, 0.3) is 11.6 Å². The Balaban J connectivity index is 1.34. The van der Waals surface area contributed by atoms with Crippen molar-refractivity contribution in [2.24, 2.45) is 17.8 Å². The third kappa shape index (κ3) is 4.26. The predicted molar refractivity (Wildman–Crippen MR) is 122 cm³/mol. The molecule has 2 aromatic heterocycles. The van der Waals surface area contributed by atoms with E-state index in [1.165, 1.54) is 37.4 Å². The lowest BCUT2D eigenvalue weighted by Crippen LogP contribution is -2.23. The fourth-order valence-corrected chi connectivity index (χ4v) is 6.20. The third-order valence-corrected chi connectivity index (χ3v) is 7.88. The van der Waals surface area contributed by atoms with Crippen molar-refractivity contribution < 1.29 is 9.21 Å². The minimum atomic E-state index is -0.0889. The molecule has 2 aliphatic carbocycles. The number of thioether (sulfide) groups is 1. The molecular formula is C23H25ClN4O2S. The van der Waals surface area contributed by atoms with Crippen LogP contribution >= 0.6 is 23.4 Å². The van der Waals surface area contributed by atoms with E-state index in [1.54, 1.807) is 30.5 Å². The van der Waals surface area contributed by atoms with Crippen molar-refractivity contribution in [2.75, 3.05) is 11.1 Å². The highest BCUT2D eigenvalue weighted by atomic mass is 35.5. The SMILES string of the molecule is C[C@H]([C@@H]1C[C@H]2CC[C@H]1C2)n1c(SCC(=O)Nc2ccc(Cl)cc2)nnc1-c1ccco1. The number of halogens is 1. The van der Waals surface area contributed by atoms with Gasteiger partial charge in [0.1, 0.15) is 0 Å². The van der Waals surface area contributed by atoms with E-state index in [0.29, 0.717) is 16.7 Å². The number of fused-ring (bicyclic) bond motifs is 2. The summed E-state index contributed by atoms with van der Waals surface area (Å²) in [5.41, 5.74) is 0.725. The summed E-state index contributed by atoms with van der Waals surface area (Å²) in [6, 6.07) is 11.1. The summed E-state index contributed by atoms with van der Waals surface area (Å²) in [6.45, 7) is 2.26. The number of nitrogens with one attached hydrogen (secondary N) is 1. The minimum absolute atomic E-state index is 0.0889. The molecule has 4 atom stereocenters. The fraction of sp³-hybridized carbons (Fsp3) is 0.435. The Hall–Kier alpha value is -2.25. The van der Waals surface area contributed by atoms with E-state index in [0.717, 1.165) is 28.5 Å². The molecule has 2 bridgehead atoms. The number of benzene rings is 1. The van der Waals surface area contributed by atoms with Gasteiger partial charge in [0, 0.05) is 16.8 Å². The summed E-state index contributed by atoms with van der Waals surface area (Å²) in [6.07, 6.45) is 6.96. The second-order valence-corrected chi connectivity index (χ2v) is 9.96. The van der Waals surface area contributed by atoms with Gasteiger partial charge in [0.05, 0.1) is 12.0 Å². The van der Waals surface area contributed by atoms with Crippen LogP contribution < -0.4 is 5.32 Å². The van der Waals surface area contributed by atoms with Gasteiger partial charge in [-0.05, 0) is 80.3 Å². The number of rotatable bonds is 7. The van der Waals surface area contributed by atoms with Crippen LogP contribution in [0.5, 0.6) is 0 Å². The van der Waals surface area contributed by atoms with Gasteiger partial charge in [-0.25, -0.2) is 0 Å². The number of anilines is 1. The van der Waals surface area contributed by atoms with E-state index in [-0.39, 0.29) is 17.7 Å². The first-order valence-electron chi connectivity index (χ1n) is 10.8. The Labute approximate surface area is 190 Å². The Bertz CT molecular complexity index is 1050. The monoisotopic (exact) mass is 456 g/mol. The number of hydrogen-bond acceptors (Lipinski definition) is 5. The van der Waals surface area contributed by atoms with Crippen LogP contribution in [-0.4, -0.2) is 26.4 Å². The van der Waals surface area contributed by atoms with Gasteiger partial charge in [-0.1, -0.05) is 29.8 Å². The molecule has 2 heterocycles. The van der Waals surface area contributed by atoms with Crippen LogP contribution in [0.2, 0.25) is 5.02 Å². The van der Waals surface area contributed by atoms with E-state index < -0.39 is 0 Å². The van der Waals surface area contributed by atoms with Crippen molar-refractivity contribution in [2.45, 2.75) is 43.8 Å². The van der Waals surface area contributed by atoms with E-state index in [4.69, 9.17) is 16.0 Å². The van der Waals surface area contributed by atoms with Crippen molar-refractivity contribution in [3.05, 3.63) is 47.7 Å². The van der Waals surface area contributed by atoms with E-state index >= 15 is 0 Å². The molecule has 2 saturated carbocycles. The lowest BCUT2D eigenvalue weighted by molar-refractivity contribution is -0.113. The highest BCUT2D eigenvalue weighted by Gasteiger charge is 2.43. The van der Waals surface area contributed by atoms with E-state index in [9.17, 15) is 4.79 Å². The molecule has 0 aliphatic heterocycles. The second-order valence-electron chi connectivity index (χ2n) is 8.58. The maximum Gasteiger partial charge on any atom is 0.234 e. The largest absolute Gasteiger partial charge is 0.461 e. The Morgan fingerprint density at radius 3 is 2.77 bits per heavy atom. The van der Waals surface area contributed by atoms with Crippen molar-refractivity contribution >= 4 is 35.0 Å². The maximum absolute atomic E-state index is 12.5. The lowest BCUT2D eigenvalue weighted by atomic mass is 9.84. The molecule has 1 aromatic carbocycles. The summed E-state index contributed by atoms with van der Waals surface area (Å²) in [7, 11) is 0. The number of furan rings is 1. The minimum Gasteiger partial charge on any atom is -0.461 e. The summed E-state index contributed by atoms with van der Waals surface area (Å²) < 4.78 is 7.82. The Morgan fingerprint density at radius 1 is 1.26 bits per heavy atom. The van der Waals surface area contributed by atoms with Gasteiger partial charge < -0.3 is 9.73 Å². The predicted octanol–water partition coefficient (Wildman–Crippen LogP) is 5.92. The molecule has 5 rings (SSSR count). The van der Waals surface area contributed by atoms with Crippen molar-refractivity contribution in [1.29, 1.82) is 0 Å². The van der Waals surface area contributed by atoms with Crippen LogP contribution in [0.1, 0.15) is 38.6 Å². The number of hydrogen-bond donors (Lipinski definition) is 1. The fourth-order valence-electron chi connectivity index (χ4n) is 5.25. The topological polar surface area (TPSA) is 73.0 Å².